The van der Waals surface area contributed by atoms with Crippen LogP contribution in [0.2, 0.25) is 0 Å². The quantitative estimate of drug-likeness (QED) is 0.134. The molecule has 0 fully saturated rings. The van der Waals surface area contributed by atoms with Crippen LogP contribution in [-0.2, 0) is 30.1 Å². The molecule has 3 aliphatic rings. The van der Waals surface area contributed by atoms with Gasteiger partial charge in [-0.15, -0.1) is 0 Å². The van der Waals surface area contributed by atoms with Crippen molar-refractivity contribution in [1.29, 1.82) is 0 Å². The number of rotatable bonds is 6. The van der Waals surface area contributed by atoms with Gasteiger partial charge >= 0.3 is 6.18 Å². The van der Waals surface area contributed by atoms with E-state index >= 15 is 4.39 Å². The fourth-order valence-corrected chi connectivity index (χ4v) is 9.46. The van der Waals surface area contributed by atoms with Crippen molar-refractivity contribution in [1.82, 2.24) is 9.78 Å². The van der Waals surface area contributed by atoms with Gasteiger partial charge in [0.1, 0.15) is 24.0 Å². The highest BCUT2D eigenvalue weighted by Gasteiger charge is 2.61. The van der Waals surface area contributed by atoms with E-state index in [9.17, 15) is 13.2 Å². The van der Waals surface area contributed by atoms with Crippen LogP contribution in [0.15, 0.2) is 67.0 Å². The summed E-state index contributed by atoms with van der Waals surface area (Å²) in [6.45, 7) is 11.2. The van der Waals surface area contributed by atoms with Gasteiger partial charge in [-0.3, -0.25) is 4.68 Å². The van der Waals surface area contributed by atoms with Gasteiger partial charge in [0.15, 0.2) is 29.7 Å². The minimum Gasteiger partial charge on any atom is -0.251 e. The lowest BCUT2D eigenvalue weighted by atomic mass is 9.61. The van der Waals surface area contributed by atoms with Crippen LogP contribution in [0, 0.1) is 5.82 Å². The predicted octanol–water partition coefficient (Wildman–Crippen LogP) is 8.95. The molecule has 2 atom stereocenters. The molecule has 0 N–H and O–H groups in total. The molecule has 0 radical (unpaired) electrons. The van der Waals surface area contributed by atoms with Crippen LogP contribution in [0.4, 0.5) is 17.6 Å². The van der Waals surface area contributed by atoms with Crippen LogP contribution in [-0.4, -0.2) is 9.78 Å². The van der Waals surface area contributed by atoms with Crippen molar-refractivity contribution in [3.8, 4) is 22.6 Å². The molecule has 8 heteroatoms. The zero-order valence-corrected chi connectivity index (χ0v) is 27.5. The topological polar surface area (TPSA) is 25.6 Å². The molecule has 5 heterocycles. The Hall–Kier alpha value is -4.07. The second-order valence-electron chi connectivity index (χ2n) is 14.2. The smallest absolute Gasteiger partial charge is 0.251 e. The Kier molecular flexibility index (Phi) is 6.58. The standard InChI is InChI=1S/C39H40F4N4/c1-6-9-12-23-14-16-26-32-24(23)18-20-46-36(32)33-25(15-17-27(40)35(33)37(26,4)5)34(38(46,7-2)8-3)30-22-47-29(21-31(44-47)39(41,42)43)28-13-10-11-19-45(28)30/h10-11,13-21,30,34H,6-9,12,22H2,1-5H3/q+2. The summed E-state index contributed by atoms with van der Waals surface area (Å²) < 4.78 is 64.4. The van der Waals surface area contributed by atoms with Crippen molar-refractivity contribution >= 4 is 10.8 Å². The zero-order chi connectivity index (χ0) is 33.0. The van der Waals surface area contributed by atoms with E-state index in [1.807, 2.05) is 30.5 Å². The van der Waals surface area contributed by atoms with Crippen LogP contribution >= 0.6 is 0 Å². The molecule has 0 saturated heterocycles. The van der Waals surface area contributed by atoms with Crippen molar-refractivity contribution in [2.75, 3.05) is 0 Å². The van der Waals surface area contributed by atoms with E-state index in [1.165, 1.54) is 21.0 Å². The summed E-state index contributed by atoms with van der Waals surface area (Å²) in [4.78, 5) is 0. The Bertz CT molecular complexity index is 2090. The summed E-state index contributed by atoms with van der Waals surface area (Å²) in [5.41, 5.74) is 5.47. The largest absolute Gasteiger partial charge is 0.435 e. The molecule has 8 rings (SSSR count). The number of hydrogen-bond acceptors (Lipinski definition) is 1. The molecule has 2 aromatic carbocycles. The first-order valence-electron chi connectivity index (χ1n) is 17.0. The molecule has 242 valence electrons. The fourth-order valence-electron chi connectivity index (χ4n) is 9.46. The molecule has 3 aromatic heterocycles. The molecule has 0 saturated carbocycles. The first-order chi connectivity index (χ1) is 22.5. The van der Waals surface area contributed by atoms with Crippen LogP contribution < -0.4 is 9.13 Å². The van der Waals surface area contributed by atoms with Crippen molar-refractivity contribution in [3.05, 3.63) is 101 Å². The summed E-state index contributed by atoms with van der Waals surface area (Å²) in [5.74, 6) is -0.404. The first kappa shape index (κ1) is 30.3. The molecule has 5 aromatic rings. The zero-order valence-electron chi connectivity index (χ0n) is 27.5. The number of halogens is 4. The van der Waals surface area contributed by atoms with Crippen LogP contribution in [0.5, 0.6) is 0 Å². The van der Waals surface area contributed by atoms with E-state index < -0.39 is 22.8 Å². The Morgan fingerprint density at radius 3 is 2.49 bits per heavy atom. The van der Waals surface area contributed by atoms with Gasteiger partial charge in [0.2, 0.25) is 11.4 Å². The monoisotopic (exact) mass is 640 g/mol. The predicted molar refractivity (Wildman–Crippen MR) is 173 cm³/mol. The van der Waals surface area contributed by atoms with Crippen molar-refractivity contribution < 1.29 is 26.7 Å². The normalized spacial score (nSPS) is 19.9. The Morgan fingerprint density at radius 2 is 1.77 bits per heavy atom. The third-order valence-electron chi connectivity index (χ3n) is 11.7. The number of unbranched alkanes of at least 4 members (excludes halogenated alkanes) is 1. The van der Waals surface area contributed by atoms with Crippen LogP contribution in [0.25, 0.3) is 33.4 Å². The van der Waals surface area contributed by atoms with Gasteiger partial charge in [-0.25, -0.2) is 4.39 Å². The van der Waals surface area contributed by atoms with Gasteiger partial charge in [-0.05, 0) is 47.1 Å². The second-order valence-corrected chi connectivity index (χ2v) is 14.2. The van der Waals surface area contributed by atoms with E-state index in [0.717, 1.165) is 60.6 Å². The molecule has 0 spiro atoms. The van der Waals surface area contributed by atoms with Gasteiger partial charge in [0, 0.05) is 48.1 Å². The van der Waals surface area contributed by atoms with Gasteiger partial charge in [-0.1, -0.05) is 59.2 Å². The highest BCUT2D eigenvalue weighted by Crippen LogP contribution is 2.58. The lowest BCUT2D eigenvalue weighted by molar-refractivity contribution is -0.786. The maximum atomic E-state index is 16.4. The summed E-state index contributed by atoms with van der Waals surface area (Å²) in [5, 5.41) is 6.55. The van der Waals surface area contributed by atoms with Crippen molar-refractivity contribution in [2.24, 2.45) is 0 Å². The van der Waals surface area contributed by atoms with Gasteiger partial charge in [0.25, 0.3) is 0 Å². The number of fused-ring (bicyclic) bond motifs is 3. The first-order valence-corrected chi connectivity index (χ1v) is 17.0. The molecule has 1 aliphatic carbocycles. The van der Waals surface area contributed by atoms with Crippen molar-refractivity contribution in [2.45, 2.75) is 102 Å². The summed E-state index contributed by atoms with van der Waals surface area (Å²) in [6.07, 6.45) is 4.41. The molecular formula is C39H40F4N4+2. The minimum absolute atomic E-state index is 0.180. The van der Waals surface area contributed by atoms with Gasteiger partial charge in [-0.2, -0.15) is 27.4 Å². The number of aromatic nitrogens is 4. The Labute approximate surface area is 272 Å². The number of aryl methyl sites for hydroxylation is 1. The van der Waals surface area contributed by atoms with Gasteiger partial charge in [0.05, 0.1) is 10.9 Å². The molecular weight excluding hydrogens is 600 g/mol. The van der Waals surface area contributed by atoms with E-state index in [-0.39, 0.29) is 24.3 Å². The molecule has 2 aliphatic heterocycles. The Morgan fingerprint density at radius 1 is 0.979 bits per heavy atom. The van der Waals surface area contributed by atoms with E-state index in [4.69, 9.17) is 0 Å². The third-order valence-corrected chi connectivity index (χ3v) is 11.7. The highest BCUT2D eigenvalue weighted by atomic mass is 19.4. The van der Waals surface area contributed by atoms with Crippen LogP contribution in [0.3, 0.4) is 0 Å². The number of pyridine rings is 2. The number of nitrogens with zero attached hydrogens (tertiary/aromatic N) is 4. The lowest BCUT2D eigenvalue weighted by Crippen LogP contribution is -2.67. The maximum absolute atomic E-state index is 16.4. The highest BCUT2D eigenvalue weighted by molar-refractivity contribution is 6.02. The van der Waals surface area contributed by atoms with Crippen LogP contribution in [0.1, 0.15) is 100 Å². The maximum Gasteiger partial charge on any atom is 0.435 e. The fraction of sp³-hybridized carbons (Fsp3) is 0.410. The SMILES string of the molecule is CCCCc1ccc2c3c4[n+](ccc13)C(CC)(CC)C(C1Cn3nc(C(F)(F)F)cc3-c3cccc[n+]31)c1ccc(F)c(c1-4)C2(C)C. The number of hydrogen-bond donors (Lipinski definition) is 0. The third kappa shape index (κ3) is 3.96. The van der Waals surface area contributed by atoms with Crippen molar-refractivity contribution in [3.63, 3.8) is 0 Å². The Balaban J connectivity index is 1.45. The van der Waals surface area contributed by atoms with E-state index in [0.29, 0.717) is 17.0 Å². The van der Waals surface area contributed by atoms with E-state index in [2.05, 4.69) is 73.2 Å². The molecule has 2 unspecified atom stereocenters. The second kappa shape index (κ2) is 10.2. The number of benzene rings is 2. The van der Waals surface area contributed by atoms with E-state index in [1.54, 1.807) is 6.07 Å². The summed E-state index contributed by atoms with van der Waals surface area (Å²) in [6, 6.07) is 16.9. The molecule has 0 bridgehead atoms. The molecule has 47 heavy (non-hydrogen) atoms. The molecule has 4 nitrogen and oxygen atoms in total. The number of alkyl halides is 3. The molecule has 0 amide bonds. The summed E-state index contributed by atoms with van der Waals surface area (Å²) in [7, 11) is 0. The van der Waals surface area contributed by atoms with Gasteiger partial charge < -0.3 is 0 Å². The average Bonchev–Trinajstić information content (AvgIpc) is 3.51. The average molecular weight is 641 g/mol. The lowest BCUT2D eigenvalue weighted by Gasteiger charge is -2.46. The minimum atomic E-state index is -4.55. The summed E-state index contributed by atoms with van der Waals surface area (Å²) >= 11 is 0.